The molecule has 118 valence electrons. The molecule has 1 aliphatic rings. The third-order valence-corrected chi connectivity index (χ3v) is 4.49. The molecule has 0 saturated carbocycles. The number of nitrogens with zero attached hydrogens (tertiary/aromatic N) is 1. The van der Waals surface area contributed by atoms with Crippen LogP contribution in [0.1, 0.15) is 43.4 Å². The number of benzene rings is 1. The molecule has 0 spiro atoms. The minimum Gasteiger partial charge on any atom is -0.381 e. The standard InChI is InChI=1S/C18H30N2O/c1-4-11-19-18(17-8-6-5-7-15(17)2)14-20(3)16-9-12-21-13-10-16/h5-8,16,18-19H,4,9-14H2,1-3H3. The van der Waals surface area contributed by atoms with Crippen molar-refractivity contribution in [3.05, 3.63) is 35.4 Å². The molecule has 0 radical (unpaired) electrons. The average Bonchev–Trinajstić information content (AvgIpc) is 2.53. The summed E-state index contributed by atoms with van der Waals surface area (Å²) in [6.07, 6.45) is 3.49. The van der Waals surface area contributed by atoms with Crippen molar-refractivity contribution in [2.75, 3.05) is 33.4 Å². The van der Waals surface area contributed by atoms with Crippen LogP contribution in [-0.4, -0.2) is 44.3 Å². The Balaban J connectivity index is 2.03. The van der Waals surface area contributed by atoms with Gasteiger partial charge in [-0.05, 0) is 50.9 Å². The van der Waals surface area contributed by atoms with Crippen LogP contribution in [0.15, 0.2) is 24.3 Å². The van der Waals surface area contributed by atoms with Gasteiger partial charge >= 0.3 is 0 Å². The Morgan fingerprint density at radius 1 is 1.29 bits per heavy atom. The number of hydrogen-bond acceptors (Lipinski definition) is 3. The summed E-state index contributed by atoms with van der Waals surface area (Å²) in [5, 5.41) is 3.72. The number of aryl methyl sites for hydroxylation is 1. The van der Waals surface area contributed by atoms with E-state index >= 15 is 0 Å². The van der Waals surface area contributed by atoms with Gasteiger partial charge in [0.05, 0.1) is 0 Å². The van der Waals surface area contributed by atoms with Crippen molar-refractivity contribution in [1.29, 1.82) is 0 Å². The van der Waals surface area contributed by atoms with E-state index in [1.807, 2.05) is 0 Å². The molecule has 1 atom stereocenters. The zero-order valence-electron chi connectivity index (χ0n) is 13.8. The molecule has 3 nitrogen and oxygen atoms in total. The smallest absolute Gasteiger partial charge is 0.0480 e. The van der Waals surface area contributed by atoms with Crippen LogP contribution in [-0.2, 0) is 4.74 Å². The van der Waals surface area contributed by atoms with Crippen LogP contribution in [0.2, 0.25) is 0 Å². The summed E-state index contributed by atoms with van der Waals surface area (Å²) in [5.41, 5.74) is 2.82. The summed E-state index contributed by atoms with van der Waals surface area (Å²) in [4.78, 5) is 2.52. The lowest BCUT2D eigenvalue weighted by molar-refractivity contribution is 0.0401. The minimum absolute atomic E-state index is 0.416. The SMILES string of the molecule is CCCNC(CN(C)C1CCOCC1)c1ccccc1C. The Morgan fingerprint density at radius 2 is 2.00 bits per heavy atom. The summed E-state index contributed by atoms with van der Waals surface area (Å²) in [6, 6.07) is 9.83. The van der Waals surface area contributed by atoms with Crippen molar-refractivity contribution in [3.63, 3.8) is 0 Å². The van der Waals surface area contributed by atoms with Crippen LogP contribution < -0.4 is 5.32 Å². The lowest BCUT2D eigenvalue weighted by Crippen LogP contribution is -2.42. The molecule has 1 fully saturated rings. The largest absolute Gasteiger partial charge is 0.381 e. The van der Waals surface area contributed by atoms with Gasteiger partial charge in [-0.15, -0.1) is 0 Å². The Bertz CT molecular complexity index is 415. The van der Waals surface area contributed by atoms with Crippen molar-refractivity contribution in [1.82, 2.24) is 10.2 Å². The molecule has 0 amide bonds. The van der Waals surface area contributed by atoms with Crippen molar-refractivity contribution >= 4 is 0 Å². The quantitative estimate of drug-likeness (QED) is 0.835. The molecule has 0 bridgehead atoms. The van der Waals surface area contributed by atoms with Crippen LogP contribution >= 0.6 is 0 Å². The summed E-state index contributed by atoms with van der Waals surface area (Å²) >= 11 is 0. The summed E-state index contributed by atoms with van der Waals surface area (Å²) < 4.78 is 5.48. The molecule has 3 heteroatoms. The average molecular weight is 290 g/mol. The Hall–Kier alpha value is -0.900. The van der Waals surface area contributed by atoms with E-state index in [4.69, 9.17) is 4.74 Å². The van der Waals surface area contributed by atoms with Crippen LogP contribution in [0.4, 0.5) is 0 Å². The predicted molar refractivity (Wildman–Crippen MR) is 88.7 cm³/mol. The fourth-order valence-corrected chi connectivity index (χ4v) is 3.13. The third kappa shape index (κ3) is 4.80. The topological polar surface area (TPSA) is 24.5 Å². The second kappa shape index (κ2) is 8.52. The van der Waals surface area contributed by atoms with E-state index < -0.39 is 0 Å². The minimum atomic E-state index is 0.416. The Kier molecular flexibility index (Phi) is 6.68. The maximum Gasteiger partial charge on any atom is 0.0480 e. The van der Waals surface area contributed by atoms with Crippen molar-refractivity contribution in [3.8, 4) is 0 Å². The molecule has 21 heavy (non-hydrogen) atoms. The zero-order chi connectivity index (χ0) is 15.1. The number of rotatable bonds is 7. The maximum absolute atomic E-state index is 5.48. The highest BCUT2D eigenvalue weighted by Gasteiger charge is 2.22. The van der Waals surface area contributed by atoms with E-state index in [1.54, 1.807) is 0 Å². The molecule has 1 aromatic carbocycles. The molecule has 1 aliphatic heterocycles. The third-order valence-electron chi connectivity index (χ3n) is 4.49. The summed E-state index contributed by atoms with van der Waals surface area (Å²) in [7, 11) is 2.26. The summed E-state index contributed by atoms with van der Waals surface area (Å²) in [6.45, 7) is 8.39. The molecule has 0 aliphatic carbocycles. The number of nitrogens with one attached hydrogen (secondary N) is 1. The Morgan fingerprint density at radius 3 is 2.67 bits per heavy atom. The zero-order valence-corrected chi connectivity index (χ0v) is 13.8. The van der Waals surface area contributed by atoms with Gasteiger partial charge in [0, 0.05) is 31.8 Å². The molecule has 1 N–H and O–H groups in total. The normalized spacial score (nSPS) is 18.1. The van der Waals surface area contributed by atoms with Gasteiger partial charge in [0.1, 0.15) is 0 Å². The molecule has 2 rings (SSSR count). The monoisotopic (exact) mass is 290 g/mol. The molecule has 0 aromatic heterocycles. The van der Waals surface area contributed by atoms with E-state index in [0.717, 1.165) is 39.1 Å². The van der Waals surface area contributed by atoms with Crippen molar-refractivity contribution < 1.29 is 4.74 Å². The van der Waals surface area contributed by atoms with Crippen LogP contribution in [0.5, 0.6) is 0 Å². The van der Waals surface area contributed by atoms with Gasteiger partial charge in [0.15, 0.2) is 0 Å². The van der Waals surface area contributed by atoms with E-state index in [1.165, 1.54) is 17.5 Å². The number of hydrogen-bond donors (Lipinski definition) is 1. The van der Waals surface area contributed by atoms with E-state index in [0.29, 0.717) is 12.1 Å². The highest BCUT2D eigenvalue weighted by atomic mass is 16.5. The van der Waals surface area contributed by atoms with Gasteiger partial charge in [-0.3, -0.25) is 0 Å². The summed E-state index contributed by atoms with van der Waals surface area (Å²) in [5.74, 6) is 0. The van der Waals surface area contributed by atoms with Gasteiger partial charge in [-0.1, -0.05) is 31.2 Å². The van der Waals surface area contributed by atoms with Gasteiger partial charge in [-0.2, -0.15) is 0 Å². The van der Waals surface area contributed by atoms with Crippen LogP contribution in [0, 0.1) is 6.92 Å². The maximum atomic E-state index is 5.48. The predicted octanol–water partition coefficient (Wildman–Crippen LogP) is 3.15. The van der Waals surface area contributed by atoms with Crippen LogP contribution in [0.25, 0.3) is 0 Å². The van der Waals surface area contributed by atoms with E-state index in [-0.39, 0.29) is 0 Å². The molecule has 1 aromatic rings. The van der Waals surface area contributed by atoms with Gasteiger partial charge in [0.25, 0.3) is 0 Å². The van der Waals surface area contributed by atoms with Gasteiger partial charge < -0.3 is 15.0 Å². The molecule has 1 heterocycles. The highest BCUT2D eigenvalue weighted by molar-refractivity contribution is 5.29. The van der Waals surface area contributed by atoms with Gasteiger partial charge in [0.2, 0.25) is 0 Å². The van der Waals surface area contributed by atoms with E-state index in [9.17, 15) is 0 Å². The van der Waals surface area contributed by atoms with Crippen molar-refractivity contribution in [2.45, 2.75) is 45.2 Å². The first-order chi connectivity index (χ1) is 10.2. The van der Waals surface area contributed by atoms with Gasteiger partial charge in [-0.25, -0.2) is 0 Å². The fraction of sp³-hybridized carbons (Fsp3) is 0.667. The first-order valence-electron chi connectivity index (χ1n) is 8.29. The first-order valence-corrected chi connectivity index (χ1v) is 8.29. The highest BCUT2D eigenvalue weighted by Crippen LogP contribution is 2.21. The lowest BCUT2D eigenvalue weighted by atomic mass is 9.99. The lowest BCUT2D eigenvalue weighted by Gasteiger charge is -2.34. The molecule has 1 unspecified atom stereocenters. The number of likely N-dealkylation sites (N-methyl/N-ethyl adjacent to an activating group) is 1. The van der Waals surface area contributed by atoms with E-state index in [2.05, 4.69) is 55.4 Å². The molecule has 1 saturated heterocycles. The second-order valence-corrected chi connectivity index (χ2v) is 6.15. The van der Waals surface area contributed by atoms with Crippen LogP contribution in [0.3, 0.4) is 0 Å². The molecular weight excluding hydrogens is 260 g/mol. The second-order valence-electron chi connectivity index (χ2n) is 6.15. The molecular formula is C18H30N2O. The number of ether oxygens (including phenoxy) is 1. The first kappa shape index (κ1) is 16.5. The fourth-order valence-electron chi connectivity index (χ4n) is 3.13. The van der Waals surface area contributed by atoms with Crippen molar-refractivity contribution in [2.24, 2.45) is 0 Å². The Labute approximate surface area is 129 Å².